The van der Waals surface area contributed by atoms with E-state index in [4.69, 9.17) is 4.42 Å². The fourth-order valence-corrected chi connectivity index (χ4v) is 2.46. The molecule has 3 rings (SSSR count). The van der Waals surface area contributed by atoms with E-state index in [0.29, 0.717) is 0 Å². The van der Waals surface area contributed by atoms with Crippen LogP contribution in [-0.4, -0.2) is 18.1 Å². The monoisotopic (exact) mass is 228 g/mol. The summed E-state index contributed by atoms with van der Waals surface area (Å²) >= 11 is 0. The van der Waals surface area contributed by atoms with Crippen LogP contribution in [0.5, 0.6) is 0 Å². The molecule has 0 radical (unpaired) electrons. The standard InChI is InChI=1S/C14H16N2O/c1-2-4-13(14-16-7-8-17-14)12(3-1)9-11-5-6-15-10-11/h1-4,7-8,11,15H,5-6,9-10H2. The van der Waals surface area contributed by atoms with Crippen molar-refractivity contribution in [3.05, 3.63) is 42.3 Å². The minimum atomic E-state index is 0.728. The first-order valence-electron chi connectivity index (χ1n) is 6.12. The Labute approximate surface area is 101 Å². The van der Waals surface area contributed by atoms with E-state index in [-0.39, 0.29) is 0 Å². The molecule has 1 aromatic heterocycles. The van der Waals surface area contributed by atoms with E-state index in [1.807, 2.05) is 6.07 Å². The molecule has 3 nitrogen and oxygen atoms in total. The number of oxazole rings is 1. The topological polar surface area (TPSA) is 38.1 Å². The Kier molecular flexibility index (Phi) is 2.92. The van der Waals surface area contributed by atoms with Crippen LogP contribution in [0.25, 0.3) is 11.5 Å². The predicted molar refractivity (Wildman–Crippen MR) is 66.6 cm³/mol. The molecule has 1 aromatic carbocycles. The maximum atomic E-state index is 5.40. The molecular weight excluding hydrogens is 212 g/mol. The normalized spacial score (nSPS) is 19.6. The van der Waals surface area contributed by atoms with Crippen LogP contribution in [0.1, 0.15) is 12.0 Å². The van der Waals surface area contributed by atoms with Gasteiger partial charge in [-0.2, -0.15) is 0 Å². The fraction of sp³-hybridized carbons (Fsp3) is 0.357. The molecule has 1 aliphatic rings. The molecule has 3 heteroatoms. The van der Waals surface area contributed by atoms with Crippen LogP contribution in [-0.2, 0) is 6.42 Å². The maximum Gasteiger partial charge on any atom is 0.226 e. The van der Waals surface area contributed by atoms with Crippen LogP contribution < -0.4 is 5.32 Å². The average molecular weight is 228 g/mol. The lowest BCUT2D eigenvalue weighted by molar-refractivity contribution is 0.564. The van der Waals surface area contributed by atoms with Crippen LogP contribution in [0, 0.1) is 5.92 Å². The van der Waals surface area contributed by atoms with E-state index < -0.39 is 0 Å². The van der Waals surface area contributed by atoms with Crippen molar-refractivity contribution in [2.75, 3.05) is 13.1 Å². The van der Waals surface area contributed by atoms with Gasteiger partial charge in [-0.25, -0.2) is 4.98 Å². The average Bonchev–Trinajstić information content (AvgIpc) is 3.01. The smallest absolute Gasteiger partial charge is 0.226 e. The zero-order valence-corrected chi connectivity index (χ0v) is 9.73. The first-order chi connectivity index (χ1) is 8.43. The van der Waals surface area contributed by atoms with Gasteiger partial charge in [-0.15, -0.1) is 0 Å². The molecular formula is C14H16N2O. The van der Waals surface area contributed by atoms with Gasteiger partial charge in [0.05, 0.1) is 6.20 Å². The van der Waals surface area contributed by atoms with Crippen molar-refractivity contribution < 1.29 is 4.42 Å². The largest absolute Gasteiger partial charge is 0.445 e. The van der Waals surface area contributed by atoms with Gasteiger partial charge in [0, 0.05) is 5.56 Å². The molecule has 0 aliphatic carbocycles. The van der Waals surface area contributed by atoms with Crippen molar-refractivity contribution in [1.82, 2.24) is 10.3 Å². The zero-order chi connectivity index (χ0) is 11.5. The second kappa shape index (κ2) is 4.72. The minimum absolute atomic E-state index is 0.728. The fourth-order valence-electron chi connectivity index (χ4n) is 2.46. The van der Waals surface area contributed by atoms with Crippen LogP contribution in [0.4, 0.5) is 0 Å². The number of aromatic nitrogens is 1. The molecule has 2 aromatic rings. The van der Waals surface area contributed by atoms with Crippen molar-refractivity contribution in [3.8, 4) is 11.5 Å². The molecule has 1 unspecified atom stereocenters. The maximum absolute atomic E-state index is 5.40. The number of rotatable bonds is 3. The second-order valence-corrected chi connectivity index (χ2v) is 4.56. The molecule has 0 amide bonds. The summed E-state index contributed by atoms with van der Waals surface area (Å²) in [7, 11) is 0. The first kappa shape index (κ1) is 10.5. The third-order valence-electron chi connectivity index (χ3n) is 3.35. The number of nitrogens with zero attached hydrogens (tertiary/aromatic N) is 1. The van der Waals surface area contributed by atoms with Crippen LogP contribution >= 0.6 is 0 Å². The highest BCUT2D eigenvalue weighted by Gasteiger charge is 2.17. The Morgan fingerprint density at radius 3 is 3.06 bits per heavy atom. The molecule has 1 N–H and O–H groups in total. The van der Waals surface area contributed by atoms with E-state index in [9.17, 15) is 0 Å². The molecule has 0 spiro atoms. The molecule has 17 heavy (non-hydrogen) atoms. The Bertz CT molecular complexity index is 473. The van der Waals surface area contributed by atoms with E-state index in [0.717, 1.165) is 36.9 Å². The highest BCUT2D eigenvalue weighted by Crippen LogP contribution is 2.25. The first-order valence-corrected chi connectivity index (χ1v) is 6.12. The van der Waals surface area contributed by atoms with Gasteiger partial charge in [-0.1, -0.05) is 18.2 Å². The Hall–Kier alpha value is -1.61. The molecule has 1 aliphatic heterocycles. The number of nitrogens with one attached hydrogen (secondary N) is 1. The summed E-state index contributed by atoms with van der Waals surface area (Å²) in [6, 6.07) is 8.39. The molecule has 0 bridgehead atoms. The molecule has 88 valence electrons. The van der Waals surface area contributed by atoms with E-state index in [2.05, 4.69) is 28.5 Å². The molecule has 0 saturated carbocycles. The number of benzene rings is 1. The van der Waals surface area contributed by atoms with Crippen molar-refractivity contribution in [3.63, 3.8) is 0 Å². The van der Waals surface area contributed by atoms with Crippen LogP contribution in [0.3, 0.4) is 0 Å². The lowest BCUT2D eigenvalue weighted by Gasteiger charge is -2.11. The van der Waals surface area contributed by atoms with E-state index in [1.165, 1.54) is 12.0 Å². The van der Waals surface area contributed by atoms with Gasteiger partial charge in [-0.05, 0) is 43.5 Å². The quantitative estimate of drug-likeness (QED) is 0.877. The molecule has 2 heterocycles. The van der Waals surface area contributed by atoms with Crippen molar-refractivity contribution in [1.29, 1.82) is 0 Å². The van der Waals surface area contributed by atoms with Gasteiger partial charge >= 0.3 is 0 Å². The van der Waals surface area contributed by atoms with Crippen LogP contribution in [0.2, 0.25) is 0 Å². The molecule has 1 atom stereocenters. The summed E-state index contributed by atoms with van der Waals surface area (Å²) in [5.41, 5.74) is 2.47. The van der Waals surface area contributed by atoms with Crippen LogP contribution in [0.15, 0.2) is 41.1 Å². The predicted octanol–water partition coefficient (Wildman–Crippen LogP) is 2.49. The minimum Gasteiger partial charge on any atom is -0.445 e. The summed E-state index contributed by atoms with van der Waals surface area (Å²) < 4.78 is 5.40. The van der Waals surface area contributed by atoms with Crippen molar-refractivity contribution >= 4 is 0 Å². The second-order valence-electron chi connectivity index (χ2n) is 4.56. The third kappa shape index (κ3) is 2.24. The summed E-state index contributed by atoms with van der Waals surface area (Å²) in [4.78, 5) is 4.24. The lowest BCUT2D eigenvalue weighted by Crippen LogP contribution is -2.11. The van der Waals surface area contributed by atoms with Gasteiger partial charge in [0.2, 0.25) is 5.89 Å². The van der Waals surface area contributed by atoms with Crippen molar-refractivity contribution in [2.24, 2.45) is 5.92 Å². The number of hydrogen-bond acceptors (Lipinski definition) is 3. The van der Waals surface area contributed by atoms with E-state index >= 15 is 0 Å². The van der Waals surface area contributed by atoms with Crippen molar-refractivity contribution in [2.45, 2.75) is 12.8 Å². The highest BCUT2D eigenvalue weighted by atomic mass is 16.3. The van der Waals surface area contributed by atoms with Gasteiger partial charge in [0.25, 0.3) is 0 Å². The molecule has 1 fully saturated rings. The SMILES string of the molecule is c1ccc(-c2ncco2)c(CC2CCNC2)c1. The third-order valence-corrected chi connectivity index (χ3v) is 3.35. The van der Waals surface area contributed by atoms with Gasteiger partial charge in [-0.3, -0.25) is 0 Å². The van der Waals surface area contributed by atoms with Gasteiger partial charge < -0.3 is 9.73 Å². The zero-order valence-electron chi connectivity index (χ0n) is 9.73. The summed E-state index contributed by atoms with van der Waals surface area (Å²) in [5.74, 6) is 1.47. The van der Waals surface area contributed by atoms with E-state index in [1.54, 1.807) is 12.5 Å². The highest BCUT2D eigenvalue weighted by molar-refractivity contribution is 5.58. The van der Waals surface area contributed by atoms with Gasteiger partial charge in [0.1, 0.15) is 6.26 Å². The Balaban J connectivity index is 1.88. The molecule has 1 saturated heterocycles. The Morgan fingerprint density at radius 2 is 2.29 bits per heavy atom. The summed E-state index contributed by atoms with van der Waals surface area (Å²) in [6.45, 7) is 2.27. The summed E-state index contributed by atoms with van der Waals surface area (Å²) in [5, 5.41) is 3.41. The number of hydrogen-bond donors (Lipinski definition) is 1. The summed E-state index contributed by atoms with van der Waals surface area (Å²) in [6.07, 6.45) is 5.69. The lowest BCUT2D eigenvalue weighted by atomic mass is 9.95. The van der Waals surface area contributed by atoms with Gasteiger partial charge in [0.15, 0.2) is 0 Å². The Morgan fingerprint density at radius 1 is 1.35 bits per heavy atom.